The van der Waals surface area contributed by atoms with Gasteiger partial charge in [-0.25, -0.2) is 0 Å². The molecular formula is C15H11N7OU. The molecule has 0 atom stereocenters. The van der Waals surface area contributed by atoms with Gasteiger partial charge in [-0.05, 0) is 18.0 Å². The third-order valence-electron chi connectivity index (χ3n) is 2.88. The van der Waals surface area contributed by atoms with Gasteiger partial charge in [0.15, 0.2) is 0 Å². The second kappa shape index (κ2) is 8.38. The topological polar surface area (TPSA) is 113 Å². The minimum Gasteiger partial charge on any atom is -0.479 e. The van der Waals surface area contributed by atoms with Gasteiger partial charge in [0.05, 0.1) is 11.2 Å². The molecule has 3 heterocycles. The first-order valence-electron chi connectivity index (χ1n) is 6.64. The van der Waals surface area contributed by atoms with Crippen LogP contribution in [0.5, 0.6) is 0 Å². The third kappa shape index (κ3) is 4.07. The summed E-state index contributed by atoms with van der Waals surface area (Å²) in [5.74, 6) is 0.0321. The Balaban J connectivity index is 0.000000254. The molecule has 2 N–H and O–H groups in total. The number of aromatic amines is 1. The summed E-state index contributed by atoms with van der Waals surface area (Å²) in [6.07, 6.45) is 5.66. The van der Waals surface area contributed by atoms with Crippen molar-refractivity contribution >= 4 is 16.9 Å². The molecule has 0 bridgehead atoms. The predicted molar refractivity (Wildman–Crippen MR) is 84.3 cm³/mol. The quantitative estimate of drug-likeness (QED) is 0.370. The molecule has 0 aliphatic rings. The standard InChI is InChI=1S/C11H9N5O.C4H3N2.U/c12-11-10-8(13-14-11)6-9(17)16(15-10)7-4-2-1-3-5-7;1-2-5-4-6-3-1;/h1-6H,(H3,12,13,14,15,17);1-3H;/q;-1;+2/p-1. The van der Waals surface area contributed by atoms with Gasteiger partial charge in [0, 0.05) is 12.4 Å². The van der Waals surface area contributed by atoms with Crippen molar-refractivity contribution in [2.75, 3.05) is 0 Å². The van der Waals surface area contributed by atoms with Gasteiger partial charge in [-0.15, -0.1) is 6.07 Å². The fourth-order valence-corrected chi connectivity index (χ4v) is 1.86. The van der Waals surface area contributed by atoms with Gasteiger partial charge in [0.25, 0.3) is 5.56 Å². The van der Waals surface area contributed by atoms with E-state index < -0.39 is 0 Å². The molecule has 4 aromatic rings. The van der Waals surface area contributed by atoms with E-state index in [1.54, 1.807) is 30.6 Å². The molecule has 116 valence electrons. The van der Waals surface area contributed by atoms with Gasteiger partial charge in [0.2, 0.25) is 0 Å². The molecule has 0 saturated carbocycles. The zero-order valence-electron chi connectivity index (χ0n) is 12.3. The van der Waals surface area contributed by atoms with Crippen molar-refractivity contribution in [3.63, 3.8) is 0 Å². The average Bonchev–Trinajstić information content (AvgIpc) is 2.97. The van der Waals surface area contributed by atoms with Crippen LogP contribution in [0, 0.1) is 37.4 Å². The average molecular weight is 543 g/mol. The third-order valence-corrected chi connectivity index (χ3v) is 2.88. The number of fused-ring (bicyclic) bond motifs is 1. The number of benzene rings is 1. The van der Waals surface area contributed by atoms with Crippen molar-refractivity contribution in [1.82, 2.24) is 29.9 Å². The molecule has 0 saturated heterocycles. The van der Waals surface area contributed by atoms with E-state index in [9.17, 15) is 4.79 Å². The molecule has 0 radical (unpaired) electrons. The number of hydrogen-bond acceptors (Lipinski definition) is 5. The zero-order chi connectivity index (χ0) is 16.1. The molecule has 9 heteroatoms. The van der Waals surface area contributed by atoms with Gasteiger partial charge < -0.3 is 25.9 Å². The van der Waals surface area contributed by atoms with E-state index in [1.165, 1.54) is 10.7 Å². The van der Waals surface area contributed by atoms with Gasteiger partial charge in [-0.3, -0.25) is 4.79 Å². The number of aromatic nitrogens is 6. The van der Waals surface area contributed by atoms with Crippen LogP contribution in [0.4, 0.5) is 5.82 Å². The summed E-state index contributed by atoms with van der Waals surface area (Å²) in [7, 11) is 0. The summed E-state index contributed by atoms with van der Waals surface area (Å²) in [5, 5.41) is 10.4. The van der Waals surface area contributed by atoms with Crippen molar-refractivity contribution < 1.29 is 31.1 Å². The molecule has 4 rings (SSSR count). The molecule has 8 nitrogen and oxygen atoms in total. The summed E-state index contributed by atoms with van der Waals surface area (Å²) in [4.78, 5) is 18.9. The maximum absolute atomic E-state index is 11.8. The maximum atomic E-state index is 11.8. The molecule has 1 aromatic carbocycles. The van der Waals surface area contributed by atoms with E-state index in [4.69, 9.17) is 5.73 Å². The Bertz CT molecular complexity index is 927. The Morgan fingerprint density at radius 2 is 1.79 bits per heavy atom. The molecule has 0 amide bonds. The maximum Gasteiger partial charge on any atom is 2.00 e. The van der Waals surface area contributed by atoms with Gasteiger partial charge in [0.1, 0.15) is 5.52 Å². The van der Waals surface area contributed by atoms with Crippen molar-refractivity contribution in [3.05, 3.63) is 77.3 Å². The van der Waals surface area contributed by atoms with Crippen LogP contribution >= 0.6 is 0 Å². The summed E-state index contributed by atoms with van der Waals surface area (Å²) in [6, 6.07) is 12.2. The van der Waals surface area contributed by atoms with Gasteiger partial charge >= 0.3 is 31.1 Å². The number of H-pyrrole nitrogens is 1. The molecule has 0 spiro atoms. The Hall–Kier alpha value is -2.50. The Morgan fingerprint density at radius 1 is 1.08 bits per heavy atom. The second-order valence-electron chi connectivity index (χ2n) is 4.41. The van der Waals surface area contributed by atoms with Gasteiger partial charge in [-0.1, -0.05) is 30.6 Å². The monoisotopic (exact) mass is 543 g/mol. The van der Waals surface area contributed by atoms with Crippen LogP contribution in [0.15, 0.2) is 59.7 Å². The van der Waals surface area contributed by atoms with Crippen LogP contribution in [0.2, 0.25) is 0 Å². The number of hydrogen-bond donors (Lipinski definition) is 1. The summed E-state index contributed by atoms with van der Waals surface area (Å²) < 4.78 is 1.26. The van der Waals surface area contributed by atoms with Crippen LogP contribution in [0.1, 0.15) is 0 Å². The smallest absolute Gasteiger partial charge is 0.479 e. The fourth-order valence-electron chi connectivity index (χ4n) is 1.86. The Labute approximate surface area is 160 Å². The largest absolute Gasteiger partial charge is 2.00 e. The van der Waals surface area contributed by atoms with Crippen molar-refractivity contribution in [2.24, 2.45) is 0 Å². The molecular weight excluding hydrogens is 532 g/mol. The second-order valence-corrected chi connectivity index (χ2v) is 4.41. The Kier molecular flexibility index (Phi) is 6.23. The molecule has 24 heavy (non-hydrogen) atoms. The van der Waals surface area contributed by atoms with Crippen molar-refractivity contribution in [1.29, 1.82) is 0 Å². The van der Waals surface area contributed by atoms with Gasteiger partial charge in [-0.2, -0.15) is 9.78 Å². The first-order valence-corrected chi connectivity index (χ1v) is 6.64. The molecule has 0 unspecified atom stereocenters. The van der Waals surface area contributed by atoms with Crippen LogP contribution in [0.3, 0.4) is 0 Å². The summed E-state index contributed by atoms with van der Waals surface area (Å²) in [6.45, 7) is 0. The number of para-hydroxylation sites is 1. The van der Waals surface area contributed by atoms with Crippen molar-refractivity contribution in [2.45, 2.75) is 0 Å². The molecule has 0 aliphatic heterocycles. The molecule has 3 aromatic heterocycles. The van der Waals surface area contributed by atoms with Crippen molar-refractivity contribution in [3.8, 4) is 5.69 Å². The minimum absolute atomic E-state index is 0. The Morgan fingerprint density at radius 3 is 2.38 bits per heavy atom. The van der Waals surface area contributed by atoms with E-state index in [0.717, 1.165) is 0 Å². The minimum atomic E-state index is -0.257. The zero-order valence-corrected chi connectivity index (χ0v) is 16.5. The number of nitrogens with one attached hydrogen (secondary N) is 2. The fraction of sp³-hybridized carbons (Fsp3) is 0. The van der Waals surface area contributed by atoms with Crippen LogP contribution in [0.25, 0.3) is 22.5 Å². The van der Waals surface area contributed by atoms with E-state index in [1.807, 2.05) is 18.2 Å². The summed E-state index contributed by atoms with van der Waals surface area (Å²) >= 11 is 0. The van der Waals surface area contributed by atoms with E-state index in [0.29, 0.717) is 16.7 Å². The van der Waals surface area contributed by atoms with Crippen LogP contribution < -0.4 is 5.56 Å². The first kappa shape index (κ1) is 17.8. The van der Waals surface area contributed by atoms with E-state index >= 15 is 0 Å². The summed E-state index contributed by atoms with van der Waals surface area (Å²) in [5.41, 5.74) is 8.82. The van der Waals surface area contributed by atoms with Crippen LogP contribution in [-0.4, -0.2) is 29.9 Å². The van der Waals surface area contributed by atoms with E-state index in [-0.39, 0.29) is 42.5 Å². The number of rotatable bonds is 1. The van der Waals surface area contributed by atoms with Crippen LogP contribution in [-0.2, 0) is 0 Å². The molecule has 0 fully saturated rings. The first-order chi connectivity index (χ1) is 11.3. The SMILES string of the molecule is [NH-]c1n[nH]c2cc(=O)n(-c3ccccc3)nc12.[U+2].[c-]1ncccn1. The predicted octanol–water partition coefficient (Wildman–Crippen LogP) is 2.07. The number of nitrogens with zero attached hydrogens (tertiary/aromatic N) is 5. The normalized spacial score (nSPS) is 9.67. The van der Waals surface area contributed by atoms with E-state index in [2.05, 4.69) is 31.6 Å². The molecule has 0 aliphatic carbocycles.